The average molecular weight is 449 g/mol. The minimum absolute atomic E-state index is 0.0429. The van der Waals surface area contributed by atoms with Crippen molar-refractivity contribution in [3.8, 4) is 0 Å². The molecule has 1 aliphatic heterocycles. The second-order valence-corrected chi connectivity index (χ2v) is 9.33. The number of carbonyl (C=O) groups is 3. The minimum atomic E-state index is -0.539. The normalized spacial score (nSPS) is 15.9. The molecule has 1 aromatic rings. The zero-order chi connectivity index (χ0) is 23.2. The first kappa shape index (κ1) is 24.9. The molecule has 31 heavy (non-hydrogen) atoms. The maximum absolute atomic E-state index is 12.8. The lowest BCUT2D eigenvalue weighted by Gasteiger charge is -2.33. The number of esters is 1. The Hall–Kier alpha value is -2.32. The summed E-state index contributed by atoms with van der Waals surface area (Å²) in [5, 5.41) is 0. The van der Waals surface area contributed by atoms with Gasteiger partial charge in [-0.25, -0.2) is 4.79 Å². The van der Waals surface area contributed by atoms with Crippen molar-refractivity contribution in [1.29, 1.82) is 0 Å². The van der Waals surface area contributed by atoms with Gasteiger partial charge in [-0.15, -0.1) is 0 Å². The van der Waals surface area contributed by atoms with Crippen LogP contribution in [-0.4, -0.2) is 58.9 Å². The highest BCUT2D eigenvalue weighted by atomic mass is 32.1. The molecule has 0 saturated carbocycles. The average Bonchev–Trinajstić information content (AvgIpc) is 2.70. The zero-order valence-electron chi connectivity index (χ0n) is 18.7. The number of carbonyl (C=O) groups excluding carboxylic acids is 3. The Morgan fingerprint density at radius 2 is 1.68 bits per heavy atom. The number of amides is 1. The van der Waals surface area contributed by atoms with Crippen molar-refractivity contribution in [2.24, 2.45) is 11.7 Å². The molecule has 1 unspecified atom stereocenters. The van der Waals surface area contributed by atoms with E-state index in [-0.39, 0.29) is 41.8 Å². The van der Waals surface area contributed by atoms with Crippen molar-refractivity contribution in [3.05, 3.63) is 35.4 Å². The molecule has 1 aromatic carbocycles. The fourth-order valence-corrected chi connectivity index (χ4v) is 3.55. The van der Waals surface area contributed by atoms with Gasteiger partial charge in [0.1, 0.15) is 17.2 Å². The van der Waals surface area contributed by atoms with Crippen molar-refractivity contribution < 1.29 is 23.9 Å². The lowest BCUT2D eigenvalue weighted by atomic mass is 9.96. The van der Waals surface area contributed by atoms with Crippen LogP contribution in [0.4, 0.5) is 0 Å². The summed E-state index contributed by atoms with van der Waals surface area (Å²) in [4.78, 5) is 39.1. The number of rotatable bonds is 8. The standard InChI is InChI=1S/C23H32N2O5S/c1-15(13-19(26)16-5-7-17(8-6-16)21(24)31)22(28)25-11-9-18(10-12-25)29-14-20(27)30-23(2,3)4/h5-8,15,18H,9-14H2,1-4H3,(H2,24,31). The number of ether oxygens (including phenoxy) is 2. The van der Waals surface area contributed by atoms with Gasteiger partial charge in [0.2, 0.25) is 5.91 Å². The van der Waals surface area contributed by atoms with E-state index in [1.807, 2.05) is 20.8 Å². The predicted molar refractivity (Wildman–Crippen MR) is 122 cm³/mol. The summed E-state index contributed by atoms with van der Waals surface area (Å²) in [7, 11) is 0. The predicted octanol–water partition coefficient (Wildman–Crippen LogP) is 2.88. The molecule has 1 saturated heterocycles. The van der Waals surface area contributed by atoms with Crippen LogP contribution in [0.1, 0.15) is 62.9 Å². The summed E-state index contributed by atoms with van der Waals surface area (Å²) in [6.07, 6.45) is 1.35. The Balaban J connectivity index is 1.77. The molecular formula is C23H32N2O5S. The fraction of sp³-hybridized carbons (Fsp3) is 0.565. The smallest absolute Gasteiger partial charge is 0.332 e. The summed E-state index contributed by atoms with van der Waals surface area (Å²) in [5.74, 6) is -0.939. The Kier molecular flexibility index (Phi) is 8.70. The third-order valence-corrected chi connectivity index (χ3v) is 5.25. The Labute approximate surface area is 189 Å². The van der Waals surface area contributed by atoms with Crippen LogP contribution in [0.3, 0.4) is 0 Å². The van der Waals surface area contributed by atoms with Crippen molar-refractivity contribution in [2.45, 2.75) is 58.7 Å². The van der Waals surface area contributed by atoms with Crippen LogP contribution in [0.25, 0.3) is 0 Å². The van der Waals surface area contributed by atoms with E-state index in [1.54, 1.807) is 36.1 Å². The largest absolute Gasteiger partial charge is 0.458 e. The molecule has 1 aliphatic rings. The van der Waals surface area contributed by atoms with Gasteiger partial charge in [0.15, 0.2) is 5.78 Å². The summed E-state index contributed by atoms with van der Waals surface area (Å²) in [5.41, 5.74) is 6.27. The molecule has 0 aromatic heterocycles. The number of Topliss-reactive ketones (excluding diaryl/α,β-unsaturated/α-hetero) is 1. The molecule has 1 atom stereocenters. The van der Waals surface area contributed by atoms with Crippen LogP contribution in [0, 0.1) is 5.92 Å². The van der Waals surface area contributed by atoms with Gasteiger partial charge in [0.05, 0.1) is 6.10 Å². The number of benzene rings is 1. The van der Waals surface area contributed by atoms with Crippen LogP contribution in [0.5, 0.6) is 0 Å². The molecule has 0 aliphatic carbocycles. The summed E-state index contributed by atoms with van der Waals surface area (Å²) in [6.45, 7) is 8.20. The first-order valence-corrected chi connectivity index (χ1v) is 10.9. The Bertz CT molecular complexity index is 808. The third kappa shape index (κ3) is 8.03. The molecule has 8 heteroatoms. The van der Waals surface area contributed by atoms with E-state index in [2.05, 4.69) is 0 Å². The molecule has 0 spiro atoms. The number of hydrogen-bond donors (Lipinski definition) is 1. The van der Waals surface area contributed by atoms with Gasteiger partial charge in [-0.1, -0.05) is 43.4 Å². The summed E-state index contributed by atoms with van der Waals surface area (Å²) in [6, 6.07) is 6.79. The molecule has 0 bridgehead atoms. The fourth-order valence-electron chi connectivity index (χ4n) is 3.42. The van der Waals surface area contributed by atoms with E-state index in [0.717, 1.165) is 0 Å². The first-order chi connectivity index (χ1) is 14.5. The van der Waals surface area contributed by atoms with Gasteiger partial charge in [-0.05, 0) is 33.6 Å². The number of nitrogens with zero attached hydrogens (tertiary/aromatic N) is 1. The third-order valence-electron chi connectivity index (χ3n) is 5.02. The van der Waals surface area contributed by atoms with Crippen molar-refractivity contribution in [3.63, 3.8) is 0 Å². The Morgan fingerprint density at radius 1 is 1.13 bits per heavy atom. The van der Waals surface area contributed by atoms with Crippen molar-refractivity contribution in [1.82, 2.24) is 4.90 Å². The monoisotopic (exact) mass is 448 g/mol. The van der Waals surface area contributed by atoms with E-state index in [9.17, 15) is 14.4 Å². The van der Waals surface area contributed by atoms with Crippen molar-refractivity contribution >= 4 is 34.9 Å². The van der Waals surface area contributed by atoms with E-state index in [4.69, 9.17) is 27.4 Å². The SMILES string of the molecule is CC(CC(=O)c1ccc(C(N)=S)cc1)C(=O)N1CCC(OCC(=O)OC(C)(C)C)CC1. The van der Waals surface area contributed by atoms with E-state index < -0.39 is 11.5 Å². The second-order valence-electron chi connectivity index (χ2n) is 8.89. The minimum Gasteiger partial charge on any atom is -0.458 e. The quantitative estimate of drug-likeness (QED) is 0.371. The van der Waals surface area contributed by atoms with E-state index >= 15 is 0 Å². The molecule has 0 radical (unpaired) electrons. The number of nitrogens with two attached hydrogens (primary N) is 1. The Morgan fingerprint density at radius 3 is 2.19 bits per heavy atom. The highest BCUT2D eigenvalue weighted by Crippen LogP contribution is 2.19. The van der Waals surface area contributed by atoms with Crippen LogP contribution in [-0.2, 0) is 19.1 Å². The van der Waals surface area contributed by atoms with Crippen LogP contribution < -0.4 is 5.73 Å². The number of likely N-dealkylation sites (tertiary alicyclic amines) is 1. The highest BCUT2D eigenvalue weighted by molar-refractivity contribution is 7.80. The number of piperidine rings is 1. The van der Waals surface area contributed by atoms with E-state index in [1.165, 1.54) is 0 Å². The maximum atomic E-state index is 12.8. The molecule has 170 valence electrons. The topological polar surface area (TPSA) is 98.9 Å². The number of ketones is 1. The molecule has 1 fully saturated rings. The molecular weight excluding hydrogens is 416 g/mol. The first-order valence-electron chi connectivity index (χ1n) is 10.5. The maximum Gasteiger partial charge on any atom is 0.332 e. The van der Waals surface area contributed by atoms with Crippen LogP contribution in [0.2, 0.25) is 0 Å². The highest BCUT2D eigenvalue weighted by Gasteiger charge is 2.28. The van der Waals surface area contributed by atoms with Gasteiger partial charge in [0, 0.05) is 36.6 Å². The molecule has 2 rings (SSSR count). The van der Waals surface area contributed by atoms with Gasteiger partial charge >= 0.3 is 5.97 Å². The molecule has 2 N–H and O–H groups in total. The van der Waals surface area contributed by atoms with Gasteiger partial charge in [-0.3, -0.25) is 9.59 Å². The van der Waals surface area contributed by atoms with Crippen molar-refractivity contribution in [2.75, 3.05) is 19.7 Å². The summed E-state index contributed by atoms with van der Waals surface area (Å²) < 4.78 is 10.9. The zero-order valence-corrected chi connectivity index (χ0v) is 19.5. The second kappa shape index (κ2) is 10.8. The lowest BCUT2D eigenvalue weighted by Crippen LogP contribution is -2.44. The van der Waals surface area contributed by atoms with E-state index in [0.29, 0.717) is 37.1 Å². The lowest BCUT2D eigenvalue weighted by molar-refractivity contribution is -0.163. The number of hydrogen-bond acceptors (Lipinski definition) is 6. The molecule has 1 heterocycles. The number of thiocarbonyl (C=S) groups is 1. The van der Waals surface area contributed by atoms with Crippen LogP contribution >= 0.6 is 12.2 Å². The summed E-state index contributed by atoms with van der Waals surface area (Å²) >= 11 is 4.92. The van der Waals surface area contributed by atoms with Gasteiger partial charge < -0.3 is 20.1 Å². The van der Waals surface area contributed by atoms with Crippen LogP contribution in [0.15, 0.2) is 24.3 Å². The van der Waals surface area contributed by atoms with Gasteiger partial charge in [0.25, 0.3) is 0 Å². The molecule has 7 nitrogen and oxygen atoms in total. The molecule has 1 amide bonds. The van der Waals surface area contributed by atoms with Gasteiger partial charge in [-0.2, -0.15) is 0 Å².